The Balaban J connectivity index is 1.88. The molecule has 9 nitrogen and oxygen atoms in total. The fourth-order valence-corrected chi connectivity index (χ4v) is 2.33. The standard InChI is InChI=1S/C15H19N3O6/c1-15(10-5-4-8-24-10)13(21)18(14(22)17-15)9-11(19)16-7-3-6-12(20)23-2/h4-5,8H,3,6-7,9H2,1-2H3,(H,16,19)(H,17,22)/t15-/m1/s1. The van der Waals surface area contributed by atoms with E-state index in [1.807, 2.05) is 0 Å². The van der Waals surface area contributed by atoms with Crippen LogP contribution < -0.4 is 10.6 Å². The first-order chi connectivity index (χ1) is 11.4. The van der Waals surface area contributed by atoms with Crippen molar-refractivity contribution in [2.45, 2.75) is 25.3 Å². The van der Waals surface area contributed by atoms with Crippen LogP contribution >= 0.6 is 0 Å². The van der Waals surface area contributed by atoms with E-state index in [4.69, 9.17) is 4.42 Å². The summed E-state index contributed by atoms with van der Waals surface area (Å²) in [5.41, 5.74) is -1.33. The van der Waals surface area contributed by atoms with Crippen molar-refractivity contribution in [3.63, 3.8) is 0 Å². The number of methoxy groups -OCH3 is 1. The number of ether oxygens (including phenoxy) is 1. The third-order valence-corrected chi connectivity index (χ3v) is 3.70. The molecular weight excluding hydrogens is 318 g/mol. The third-order valence-electron chi connectivity index (χ3n) is 3.70. The molecule has 24 heavy (non-hydrogen) atoms. The maximum Gasteiger partial charge on any atom is 0.325 e. The van der Waals surface area contributed by atoms with Crippen LogP contribution in [0.3, 0.4) is 0 Å². The zero-order chi connectivity index (χ0) is 17.7. The highest BCUT2D eigenvalue weighted by atomic mass is 16.5. The number of carbonyl (C=O) groups excluding carboxylic acids is 4. The van der Waals surface area contributed by atoms with Crippen molar-refractivity contribution < 1.29 is 28.3 Å². The van der Waals surface area contributed by atoms with Gasteiger partial charge in [-0.25, -0.2) is 4.79 Å². The Morgan fingerprint density at radius 2 is 2.17 bits per heavy atom. The number of furan rings is 1. The second-order valence-electron chi connectivity index (χ2n) is 5.45. The molecule has 1 aliphatic rings. The van der Waals surface area contributed by atoms with Crippen molar-refractivity contribution in [1.82, 2.24) is 15.5 Å². The molecule has 2 N–H and O–H groups in total. The molecule has 1 atom stereocenters. The first kappa shape index (κ1) is 17.5. The number of imide groups is 1. The van der Waals surface area contributed by atoms with Crippen LogP contribution in [0.5, 0.6) is 0 Å². The quantitative estimate of drug-likeness (QED) is 0.414. The number of nitrogens with zero attached hydrogens (tertiary/aromatic N) is 1. The molecule has 9 heteroatoms. The van der Waals surface area contributed by atoms with E-state index < -0.39 is 29.9 Å². The minimum atomic E-state index is -1.33. The van der Waals surface area contributed by atoms with Crippen LogP contribution in [-0.2, 0) is 24.7 Å². The highest BCUT2D eigenvalue weighted by Gasteiger charge is 2.51. The summed E-state index contributed by atoms with van der Waals surface area (Å²) in [4.78, 5) is 48.1. The van der Waals surface area contributed by atoms with Crippen molar-refractivity contribution >= 4 is 23.8 Å². The molecule has 1 aromatic rings. The van der Waals surface area contributed by atoms with Gasteiger partial charge in [0.1, 0.15) is 12.3 Å². The molecule has 0 aromatic carbocycles. The number of amides is 4. The molecule has 0 aliphatic carbocycles. The normalized spacial score (nSPS) is 20.0. The monoisotopic (exact) mass is 337 g/mol. The number of carbonyl (C=O) groups is 4. The van der Waals surface area contributed by atoms with Gasteiger partial charge in [0.2, 0.25) is 5.91 Å². The molecule has 0 spiro atoms. The molecule has 1 fully saturated rings. The van der Waals surface area contributed by atoms with Gasteiger partial charge in [0.05, 0.1) is 13.4 Å². The largest absolute Gasteiger partial charge is 0.469 e. The van der Waals surface area contributed by atoms with Gasteiger partial charge < -0.3 is 19.8 Å². The maximum absolute atomic E-state index is 12.5. The second-order valence-corrected chi connectivity index (χ2v) is 5.45. The van der Waals surface area contributed by atoms with E-state index in [9.17, 15) is 19.2 Å². The molecule has 0 saturated carbocycles. The summed E-state index contributed by atoms with van der Waals surface area (Å²) < 4.78 is 9.68. The SMILES string of the molecule is COC(=O)CCCNC(=O)CN1C(=O)N[C@](C)(c2ccco2)C1=O. The summed E-state index contributed by atoms with van der Waals surface area (Å²) in [6.45, 7) is 1.35. The fourth-order valence-electron chi connectivity index (χ4n) is 2.33. The van der Waals surface area contributed by atoms with Crippen LogP contribution in [0.1, 0.15) is 25.5 Å². The number of urea groups is 1. The lowest BCUT2D eigenvalue weighted by molar-refractivity contribution is -0.140. The van der Waals surface area contributed by atoms with Gasteiger partial charge in [-0.3, -0.25) is 19.3 Å². The lowest BCUT2D eigenvalue weighted by atomic mass is 9.99. The summed E-state index contributed by atoms with van der Waals surface area (Å²) in [5.74, 6) is -1.13. The Morgan fingerprint density at radius 3 is 2.79 bits per heavy atom. The third kappa shape index (κ3) is 3.55. The summed E-state index contributed by atoms with van der Waals surface area (Å²) >= 11 is 0. The Morgan fingerprint density at radius 1 is 1.42 bits per heavy atom. The minimum absolute atomic E-state index is 0.177. The van der Waals surface area contributed by atoms with E-state index in [1.54, 1.807) is 12.1 Å². The summed E-state index contributed by atoms with van der Waals surface area (Å²) in [6.07, 6.45) is 1.98. The number of hydrogen-bond acceptors (Lipinski definition) is 6. The highest BCUT2D eigenvalue weighted by molar-refractivity contribution is 6.08. The Bertz CT molecular complexity index is 642. The molecule has 130 valence electrons. The van der Waals surface area contributed by atoms with Gasteiger partial charge in [-0.1, -0.05) is 0 Å². The van der Waals surface area contributed by atoms with E-state index in [1.165, 1.54) is 20.3 Å². The highest BCUT2D eigenvalue weighted by Crippen LogP contribution is 2.28. The predicted octanol–water partition coefficient (Wildman–Crippen LogP) is 0.116. The van der Waals surface area contributed by atoms with Gasteiger partial charge in [-0.05, 0) is 25.5 Å². The van der Waals surface area contributed by atoms with E-state index in [-0.39, 0.29) is 18.9 Å². The zero-order valence-corrected chi connectivity index (χ0v) is 13.5. The lowest BCUT2D eigenvalue weighted by Crippen LogP contribution is -2.43. The smallest absolute Gasteiger partial charge is 0.325 e. The molecule has 1 aliphatic heterocycles. The average Bonchev–Trinajstić information content (AvgIpc) is 3.16. The van der Waals surface area contributed by atoms with Crippen LogP contribution in [0.2, 0.25) is 0 Å². The molecule has 4 amide bonds. The van der Waals surface area contributed by atoms with Gasteiger partial charge in [-0.2, -0.15) is 0 Å². The molecule has 0 bridgehead atoms. The average molecular weight is 337 g/mol. The summed E-state index contributed by atoms with van der Waals surface area (Å²) in [5, 5.41) is 5.08. The molecule has 1 saturated heterocycles. The second kappa shape index (κ2) is 7.16. The molecule has 1 aromatic heterocycles. The number of nitrogens with one attached hydrogen (secondary N) is 2. The van der Waals surface area contributed by atoms with Crippen molar-refractivity contribution in [2.24, 2.45) is 0 Å². The Kier molecular flexibility index (Phi) is 5.22. The van der Waals surface area contributed by atoms with E-state index in [0.29, 0.717) is 12.2 Å². The molecule has 2 heterocycles. The van der Waals surface area contributed by atoms with Crippen LogP contribution in [0, 0.1) is 0 Å². The molecule has 2 rings (SSSR count). The summed E-state index contributed by atoms with van der Waals surface area (Å²) in [7, 11) is 1.29. The number of hydrogen-bond donors (Lipinski definition) is 2. The van der Waals surface area contributed by atoms with Gasteiger partial charge in [0.15, 0.2) is 5.54 Å². The predicted molar refractivity (Wildman–Crippen MR) is 80.6 cm³/mol. The lowest BCUT2D eigenvalue weighted by Gasteiger charge is -2.18. The number of rotatable bonds is 7. The molecular formula is C15H19N3O6. The molecule has 0 radical (unpaired) electrons. The van der Waals surface area contributed by atoms with Crippen molar-refractivity contribution in [2.75, 3.05) is 20.2 Å². The molecule has 0 unspecified atom stereocenters. The van der Waals surface area contributed by atoms with Gasteiger partial charge in [0, 0.05) is 13.0 Å². The maximum atomic E-state index is 12.5. The van der Waals surface area contributed by atoms with E-state index >= 15 is 0 Å². The van der Waals surface area contributed by atoms with Crippen LogP contribution in [0.25, 0.3) is 0 Å². The zero-order valence-electron chi connectivity index (χ0n) is 13.5. The van der Waals surface area contributed by atoms with Crippen LogP contribution in [0.4, 0.5) is 4.79 Å². The van der Waals surface area contributed by atoms with Crippen LogP contribution in [0.15, 0.2) is 22.8 Å². The fraction of sp³-hybridized carbons (Fsp3) is 0.467. The van der Waals surface area contributed by atoms with Gasteiger partial charge >= 0.3 is 12.0 Å². The van der Waals surface area contributed by atoms with Gasteiger partial charge in [0.25, 0.3) is 5.91 Å². The van der Waals surface area contributed by atoms with Crippen molar-refractivity contribution in [3.8, 4) is 0 Å². The minimum Gasteiger partial charge on any atom is -0.469 e. The van der Waals surface area contributed by atoms with Gasteiger partial charge in [-0.15, -0.1) is 0 Å². The van der Waals surface area contributed by atoms with E-state index in [2.05, 4.69) is 15.4 Å². The first-order valence-corrected chi connectivity index (χ1v) is 7.40. The number of esters is 1. The topological polar surface area (TPSA) is 118 Å². The Hall–Kier alpha value is -2.84. The Labute approximate surface area is 138 Å². The summed E-state index contributed by atoms with van der Waals surface area (Å²) in [6, 6.07) is 2.52. The van der Waals surface area contributed by atoms with E-state index in [0.717, 1.165) is 4.90 Å². The van der Waals surface area contributed by atoms with Crippen molar-refractivity contribution in [3.05, 3.63) is 24.2 Å². The van der Waals surface area contributed by atoms with Crippen LogP contribution in [-0.4, -0.2) is 48.9 Å². The first-order valence-electron chi connectivity index (χ1n) is 7.40. The van der Waals surface area contributed by atoms with Crippen molar-refractivity contribution in [1.29, 1.82) is 0 Å².